The van der Waals surface area contributed by atoms with Crippen molar-refractivity contribution < 1.29 is 14.3 Å². The van der Waals surface area contributed by atoms with Gasteiger partial charge in [0, 0.05) is 12.8 Å². The fourth-order valence-corrected chi connectivity index (χ4v) is 2.92. The first kappa shape index (κ1) is 13.9. The van der Waals surface area contributed by atoms with Gasteiger partial charge in [0.05, 0.1) is 16.1 Å². The third-order valence-electron chi connectivity index (χ3n) is 2.94. The maximum Gasteiger partial charge on any atom is 0.136 e. The van der Waals surface area contributed by atoms with E-state index >= 15 is 0 Å². The van der Waals surface area contributed by atoms with E-state index in [1.807, 2.05) is 12.1 Å². The lowest BCUT2D eigenvalue weighted by molar-refractivity contribution is -0.122. The predicted molar refractivity (Wildman–Crippen MR) is 76.3 cm³/mol. The molecule has 98 valence electrons. The summed E-state index contributed by atoms with van der Waals surface area (Å²) in [5.74, 6) is 1.77. The number of rotatable bonds is 3. The molecule has 1 fully saturated rings. The SMILES string of the molecule is COc1cc(Br)c(OC2CCCC(=O)C2)cc1Br. The molecule has 0 radical (unpaired) electrons. The summed E-state index contributed by atoms with van der Waals surface area (Å²) in [6, 6.07) is 3.71. The molecule has 0 amide bonds. The monoisotopic (exact) mass is 376 g/mol. The van der Waals surface area contributed by atoms with Crippen LogP contribution in [0.3, 0.4) is 0 Å². The molecule has 0 bridgehead atoms. The molecule has 1 aliphatic rings. The maximum atomic E-state index is 11.4. The highest BCUT2D eigenvalue weighted by atomic mass is 79.9. The highest BCUT2D eigenvalue weighted by Crippen LogP contribution is 2.37. The van der Waals surface area contributed by atoms with Gasteiger partial charge in [0.1, 0.15) is 23.4 Å². The molecule has 1 atom stereocenters. The molecule has 0 heterocycles. The third-order valence-corrected chi connectivity index (χ3v) is 4.18. The first-order valence-corrected chi connectivity index (χ1v) is 7.40. The van der Waals surface area contributed by atoms with Gasteiger partial charge in [-0.25, -0.2) is 0 Å². The minimum atomic E-state index is -0.0113. The summed E-state index contributed by atoms with van der Waals surface area (Å²) in [6.07, 6.45) is 3.03. The van der Waals surface area contributed by atoms with Crippen molar-refractivity contribution >= 4 is 37.6 Å². The topological polar surface area (TPSA) is 35.5 Å². The van der Waals surface area contributed by atoms with Gasteiger partial charge in [0.15, 0.2) is 0 Å². The Bertz CT molecular complexity index is 460. The molecular formula is C13H14Br2O3. The molecule has 5 heteroatoms. The second-order valence-corrected chi connectivity index (χ2v) is 6.00. The fourth-order valence-electron chi connectivity index (χ4n) is 2.02. The molecule has 0 spiro atoms. The van der Waals surface area contributed by atoms with Crippen LogP contribution in [0.2, 0.25) is 0 Å². The van der Waals surface area contributed by atoms with E-state index in [-0.39, 0.29) is 11.9 Å². The largest absolute Gasteiger partial charge is 0.496 e. The molecule has 1 aliphatic carbocycles. The van der Waals surface area contributed by atoms with Gasteiger partial charge in [-0.1, -0.05) is 0 Å². The van der Waals surface area contributed by atoms with Crippen LogP contribution in [0.5, 0.6) is 11.5 Å². The number of benzene rings is 1. The lowest BCUT2D eigenvalue weighted by Crippen LogP contribution is -2.25. The molecule has 0 aromatic heterocycles. The molecule has 1 aromatic carbocycles. The number of hydrogen-bond donors (Lipinski definition) is 0. The van der Waals surface area contributed by atoms with Crippen LogP contribution in [0, 0.1) is 0 Å². The Morgan fingerprint density at radius 1 is 1.22 bits per heavy atom. The van der Waals surface area contributed by atoms with Gasteiger partial charge in [-0.3, -0.25) is 4.79 Å². The van der Waals surface area contributed by atoms with Crippen molar-refractivity contribution in [2.45, 2.75) is 31.8 Å². The van der Waals surface area contributed by atoms with Crippen LogP contribution < -0.4 is 9.47 Å². The summed E-state index contributed by atoms with van der Waals surface area (Å²) in [7, 11) is 1.62. The summed E-state index contributed by atoms with van der Waals surface area (Å²) in [4.78, 5) is 11.4. The molecule has 2 rings (SSSR count). The molecule has 0 saturated heterocycles. The zero-order valence-electron chi connectivity index (χ0n) is 10.0. The van der Waals surface area contributed by atoms with Crippen molar-refractivity contribution in [1.82, 2.24) is 0 Å². The summed E-state index contributed by atoms with van der Waals surface area (Å²) in [5, 5.41) is 0. The molecule has 3 nitrogen and oxygen atoms in total. The normalized spacial score (nSPS) is 19.7. The summed E-state index contributed by atoms with van der Waals surface area (Å²) in [5.41, 5.74) is 0. The number of ketones is 1. The average molecular weight is 378 g/mol. The van der Waals surface area contributed by atoms with Gasteiger partial charge in [-0.05, 0) is 56.8 Å². The van der Waals surface area contributed by atoms with Gasteiger partial charge in [-0.2, -0.15) is 0 Å². The Morgan fingerprint density at radius 2 is 1.89 bits per heavy atom. The number of halogens is 2. The van der Waals surface area contributed by atoms with Gasteiger partial charge < -0.3 is 9.47 Å². The minimum absolute atomic E-state index is 0.0113. The van der Waals surface area contributed by atoms with Crippen LogP contribution in [0.1, 0.15) is 25.7 Å². The van der Waals surface area contributed by atoms with E-state index in [2.05, 4.69) is 31.9 Å². The van der Waals surface area contributed by atoms with Gasteiger partial charge in [0.25, 0.3) is 0 Å². The lowest BCUT2D eigenvalue weighted by Gasteiger charge is -2.23. The van der Waals surface area contributed by atoms with Crippen LogP contribution in [0.4, 0.5) is 0 Å². The molecule has 1 unspecified atom stereocenters. The predicted octanol–water partition coefficient (Wildman–Crippen LogP) is 4.11. The Morgan fingerprint density at radius 3 is 2.56 bits per heavy atom. The van der Waals surface area contributed by atoms with Crippen LogP contribution in [-0.2, 0) is 4.79 Å². The number of hydrogen-bond acceptors (Lipinski definition) is 3. The van der Waals surface area contributed by atoms with Crippen molar-refractivity contribution in [3.8, 4) is 11.5 Å². The van der Waals surface area contributed by atoms with Gasteiger partial charge in [-0.15, -0.1) is 0 Å². The van der Waals surface area contributed by atoms with Crippen molar-refractivity contribution in [1.29, 1.82) is 0 Å². The standard InChI is InChI=1S/C13H14Br2O3/c1-17-12-6-11(15)13(7-10(12)14)18-9-4-2-3-8(16)5-9/h6-7,9H,2-5H2,1H3. The molecule has 0 aliphatic heterocycles. The zero-order chi connectivity index (χ0) is 13.1. The van der Waals surface area contributed by atoms with E-state index in [1.54, 1.807) is 7.11 Å². The summed E-state index contributed by atoms with van der Waals surface area (Å²) < 4.78 is 12.8. The number of ether oxygens (including phenoxy) is 2. The minimum Gasteiger partial charge on any atom is -0.496 e. The van der Waals surface area contributed by atoms with Gasteiger partial charge >= 0.3 is 0 Å². The number of Topliss-reactive ketones (excluding diaryl/α,β-unsaturated/α-hetero) is 1. The molecule has 0 N–H and O–H groups in total. The van der Waals surface area contributed by atoms with Crippen molar-refractivity contribution in [3.05, 3.63) is 21.1 Å². The average Bonchev–Trinajstić information content (AvgIpc) is 2.33. The van der Waals surface area contributed by atoms with Crippen molar-refractivity contribution in [3.63, 3.8) is 0 Å². The Kier molecular flexibility index (Phi) is 4.67. The Labute approximate surface area is 123 Å². The Balaban J connectivity index is 2.13. The van der Waals surface area contributed by atoms with E-state index < -0.39 is 0 Å². The summed E-state index contributed by atoms with van der Waals surface area (Å²) >= 11 is 6.88. The first-order valence-electron chi connectivity index (χ1n) is 5.81. The van der Waals surface area contributed by atoms with Crippen LogP contribution in [0.25, 0.3) is 0 Å². The number of methoxy groups -OCH3 is 1. The second kappa shape index (κ2) is 6.06. The Hall–Kier alpha value is -0.550. The molecular weight excluding hydrogens is 364 g/mol. The summed E-state index contributed by atoms with van der Waals surface area (Å²) in [6.45, 7) is 0. The fraction of sp³-hybridized carbons (Fsp3) is 0.462. The third kappa shape index (κ3) is 3.26. The lowest BCUT2D eigenvalue weighted by atomic mass is 9.96. The van der Waals surface area contributed by atoms with Crippen molar-refractivity contribution in [2.24, 2.45) is 0 Å². The highest BCUT2D eigenvalue weighted by molar-refractivity contribution is 9.11. The maximum absolute atomic E-state index is 11.4. The number of carbonyl (C=O) groups excluding carboxylic acids is 1. The number of carbonyl (C=O) groups is 1. The molecule has 1 aromatic rings. The second-order valence-electron chi connectivity index (χ2n) is 4.29. The first-order chi connectivity index (χ1) is 8.60. The van der Waals surface area contributed by atoms with E-state index in [0.717, 1.165) is 33.3 Å². The van der Waals surface area contributed by atoms with Crippen LogP contribution in [0.15, 0.2) is 21.1 Å². The van der Waals surface area contributed by atoms with Crippen molar-refractivity contribution in [2.75, 3.05) is 7.11 Å². The van der Waals surface area contributed by atoms with Crippen LogP contribution in [-0.4, -0.2) is 19.0 Å². The van der Waals surface area contributed by atoms with E-state index in [0.29, 0.717) is 12.8 Å². The molecule has 1 saturated carbocycles. The van der Waals surface area contributed by atoms with Crippen LogP contribution >= 0.6 is 31.9 Å². The highest BCUT2D eigenvalue weighted by Gasteiger charge is 2.22. The zero-order valence-corrected chi connectivity index (χ0v) is 13.2. The quantitative estimate of drug-likeness (QED) is 0.795. The van der Waals surface area contributed by atoms with E-state index in [1.165, 1.54) is 0 Å². The molecule has 18 heavy (non-hydrogen) atoms. The van der Waals surface area contributed by atoms with E-state index in [9.17, 15) is 4.79 Å². The smallest absolute Gasteiger partial charge is 0.136 e. The van der Waals surface area contributed by atoms with Gasteiger partial charge in [0.2, 0.25) is 0 Å². The van der Waals surface area contributed by atoms with E-state index in [4.69, 9.17) is 9.47 Å².